The van der Waals surface area contributed by atoms with Crippen molar-refractivity contribution < 1.29 is 9.90 Å². The van der Waals surface area contributed by atoms with Gasteiger partial charge in [-0.1, -0.05) is 0 Å². The summed E-state index contributed by atoms with van der Waals surface area (Å²) < 4.78 is 0. The summed E-state index contributed by atoms with van der Waals surface area (Å²) in [5, 5.41) is 15.2. The summed E-state index contributed by atoms with van der Waals surface area (Å²) in [5.41, 5.74) is 0.0782. The molecule has 2 unspecified atom stereocenters. The summed E-state index contributed by atoms with van der Waals surface area (Å²) >= 11 is 0. The van der Waals surface area contributed by atoms with Gasteiger partial charge in [0.05, 0.1) is 6.42 Å². The smallest absolute Gasteiger partial charge is 0.304 e. The highest BCUT2D eigenvalue weighted by Gasteiger charge is 2.29. The molecule has 4 heteroatoms. The number of carbonyl (C=O) groups is 1. The molecule has 0 aromatic carbocycles. The van der Waals surface area contributed by atoms with Crippen LogP contribution in [-0.4, -0.2) is 35.7 Å². The fraction of sp³-hybridized carbons (Fsp3) is 0.889. The minimum atomic E-state index is -0.741. The number of carboxylic acid groups (broad SMARTS) is 1. The molecule has 1 saturated heterocycles. The van der Waals surface area contributed by atoms with Crippen LogP contribution in [0, 0.1) is 0 Å². The summed E-state index contributed by atoms with van der Waals surface area (Å²) in [4.78, 5) is 10.4. The van der Waals surface area contributed by atoms with Gasteiger partial charge in [-0.25, -0.2) is 0 Å². The molecule has 76 valence electrons. The molecule has 2 atom stereocenters. The zero-order valence-electron chi connectivity index (χ0n) is 8.26. The van der Waals surface area contributed by atoms with Gasteiger partial charge >= 0.3 is 5.97 Å². The van der Waals surface area contributed by atoms with Crippen LogP contribution >= 0.6 is 0 Å². The lowest BCUT2D eigenvalue weighted by Crippen LogP contribution is -2.49. The highest BCUT2D eigenvalue weighted by molar-refractivity contribution is 5.67. The third-order valence-electron chi connectivity index (χ3n) is 2.44. The molecule has 0 saturated carbocycles. The number of hydrogen-bond acceptors (Lipinski definition) is 3. The predicted molar refractivity (Wildman–Crippen MR) is 50.7 cm³/mol. The minimum absolute atomic E-state index is 0.0439. The lowest BCUT2D eigenvalue weighted by Gasteiger charge is -2.28. The Labute approximate surface area is 78.7 Å². The summed E-state index contributed by atoms with van der Waals surface area (Å²) in [6, 6.07) is 0.0439. The zero-order chi connectivity index (χ0) is 9.90. The van der Waals surface area contributed by atoms with Crippen LogP contribution < -0.4 is 10.6 Å². The Morgan fingerprint density at radius 2 is 2.46 bits per heavy atom. The first kappa shape index (κ1) is 10.5. The fourth-order valence-electron chi connectivity index (χ4n) is 1.85. The number of rotatable bonds is 4. The maximum Gasteiger partial charge on any atom is 0.304 e. The highest BCUT2D eigenvalue weighted by atomic mass is 16.4. The van der Waals surface area contributed by atoms with Crippen LogP contribution in [0.2, 0.25) is 0 Å². The van der Waals surface area contributed by atoms with Crippen molar-refractivity contribution in [1.82, 2.24) is 10.6 Å². The van der Waals surface area contributed by atoms with Crippen molar-refractivity contribution in [3.05, 3.63) is 0 Å². The highest BCUT2D eigenvalue weighted by Crippen LogP contribution is 2.14. The van der Waals surface area contributed by atoms with Gasteiger partial charge in [0.1, 0.15) is 0 Å². The molecule has 4 nitrogen and oxygen atoms in total. The van der Waals surface area contributed by atoms with Crippen molar-refractivity contribution >= 4 is 5.97 Å². The van der Waals surface area contributed by atoms with E-state index in [1.54, 1.807) is 0 Å². The van der Waals surface area contributed by atoms with Gasteiger partial charge in [-0.3, -0.25) is 4.79 Å². The Hall–Kier alpha value is -0.610. The van der Waals surface area contributed by atoms with E-state index in [0.717, 1.165) is 19.5 Å². The second kappa shape index (κ2) is 4.07. The summed E-state index contributed by atoms with van der Waals surface area (Å²) in [7, 11) is 0. The van der Waals surface area contributed by atoms with E-state index in [1.165, 1.54) is 0 Å². The van der Waals surface area contributed by atoms with Gasteiger partial charge in [-0.15, -0.1) is 0 Å². The maximum absolute atomic E-state index is 10.4. The largest absolute Gasteiger partial charge is 0.481 e. The van der Waals surface area contributed by atoms with Crippen molar-refractivity contribution in [3.8, 4) is 0 Å². The first-order chi connectivity index (χ1) is 6.02. The van der Waals surface area contributed by atoms with Crippen LogP contribution in [0.5, 0.6) is 0 Å². The fourth-order valence-corrected chi connectivity index (χ4v) is 1.85. The molecule has 0 spiro atoms. The maximum atomic E-state index is 10.4. The average Bonchev–Trinajstić information content (AvgIpc) is 2.33. The molecule has 1 aliphatic heterocycles. The molecule has 1 rings (SSSR count). The summed E-state index contributed by atoms with van der Waals surface area (Å²) in [6.45, 7) is 5.99. The third-order valence-corrected chi connectivity index (χ3v) is 2.44. The average molecular weight is 186 g/mol. The van der Waals surface area contributed by atoms with Gasteiger partial charge in [-0.2, -0.15) is 0 Å². The van der Waals surface area contributed by atoms with Crippen molar-refractivity contribution in [3.63, 3.8) is 0 Å². The second-order valence-corrected chi connectivity index (χ2v) is 4.13. The van der Waals surface area contributed by atoms with Gasteiger partial charge in [0.15, 0.2) is 0 Å². The van der Waals surface area contributed by atoms with Crippen LogP contribution in [-0.2, 0) is 4.79 Å². The van der Waals surface area contributed by atoms with Gasteiger partial charge in [0, 0.05) is 18.1 Å². The SMILES string of the molecule is CC(CC(=O)O)NC1(C)CCNC1. The zero-order valence-corrected chi connectivity index (χ0v) is 8.26. The molecule has 0 aromatic heterocycles. The lowest BCUT2D eigenvalue weighted by molar-refractivity contribution is -0.137. The molecular formula is C9H18N2O2. The van der Waals surface area contributed by atoms with Crippen LogP contribution in [0.25, 0.3) is 0 Å². The van der Waals surface area contributed by atoms with Crippen LogP contribution in [0.1, 0.15) is 26.7 Å². The molecule has 3 N–H and O–H groups in total. The summed E-state index contributed by atoms with van der Waals surface area (Å²) in [6.07, 6.45) is 1.26. The van der Waals surface area contributed by atoms with E-state index in [1.807, 2.05) is 6.92 Å². The van der Waals surface area contributed by atoms with E-state index >= 15 is 0 Å². The molecule has 1 fully saturated rings. The molecule has 1 heterocycles. The predicted octanol–water partition coefficient (Wildman–Crippen LogP) is 0.191. The van der Waals surface area contributed by atoms with Crippen molar-refractivity contribution in [2.24, 2.45) is 0 Å². The van der Waals surface area contributed by atoms with Crippen LogP contribution in [0.15, 0.2) is 0 Å². The molecular weight excluding hydrogens is 168 g/mol. The Bertz CT molecular complexity index is 188. The topological polar surface area (TPSA) is 61.4 Å². The van der Waals surface area contributed by atoms with E-state index in [0.29, 0.717) is 0 Å². The van der Waals surface area contributed by atoms with E-state index < -0.39 is 5.97 Å². The van der Waals surface area contributed by atoms with E-state index in [9.17, 15) is 4.79 Å². The third kappa shape index (κ3) is 3.32. The van der Waals surface area contributed by atoms with Crippen molar-refractivity contribution in [1.29, 1.82) is 0 Å². The normalized spacial score (nSPS) is 30.3. The number of nitrogens with one attached hydrogen (secondary N) is 2. The number of carboxylic acids is 1. The quantitative estimate of drug-likeness (QED) is 0.586. The number of aliphatic carboxylic acids is 1. The Morgan fingerprint density at radius 3 is 2.92 bits per heavy atom. The van der Waals surface area contributed by atoms with Gasteiger partial charge in [0.25, 0.3) is 0 Å². The Kier molecular flexibility index (Phi) is 3.27. The molecule has 13 heavy (non-hydrogen) atoms. The van der Waals surface area contributed by atoms with Crippen molar-refractivity contribution in [2.45, 2.75) is 38.3 Å². The van der Waals surface area contributed by atoms with Crippen molar-refractivity contribution in [2.75, 3.05) is 13.1 Å². The summed E-state index contributed by atoms with van der Waals surface area (Å²) in [5.74, 6) is -0.741. The van der Waals surface area contributed by atoms with E-state index in [2.05, 4.69) is 17.6 Å². The molecule has 0 radical (unpaired) electrons. The lowest BCUT2D eigenvalue weighted by atomic mass is 10.00. The van der Waals surface area contributed by atoms with Gasteiger partial charge in [-0.05, 0) is 26.8 Å². The van der Waals surface area contributed by atoms with Gasteiger partial charge < -0.3 is 15.7 Å². The molecule has 0 amide bonds. The standard InChI is InChI=1S/C9H18N2O2/c1-7(5-8(12)13)11-9(2)3-4-10-6-9/h7,10-11H,3-6H2,1-2H3,(H,12,13). The molecule has 0 bridgehead atoms. The minimum Gasteiger partial charge on any atom is -0.481 e. The Morgan fingerprint density at radius 1 is 1.77 bits per heavy atom. The van der Waals surface area contributed by atoms with E-state index in [-0.39, 0.29) is 18.0 Å². The van der Waals surface area contributed by atoms with Crippen LogP contribution in [0.4, 0.5) is 0 Å². The van der Waals surface area contributed by atoms with Crippen LogP contribution in [0.3, 0.4) is 0 Å². The molecule has 0 aromatic rings. The van der Waals surface area contributed by atoms with Gasteiger partial charge in [0.2, 0.25) is 0 Å². The first-order valence-corrected chi connectivity index (χ1v) is 4.72. The monoisotopic (exact) mass is 186 g/mol. The molecule has 0 aliphatic carbocycles. The van der Waals surface area contributed by atoms with E-state index in [4.69, 9.17) is 5.11 Å². The molecule has 1 aliphatic rings. The Balaban J connectivity index is 2.33. The first-order valence-electron chi connectivity index (χ1n) is 4.72. The number of hydrogen-bond donors (Lipinski definition) is 3. The second-order valence-electron chi connectivity index (χ2n) is 4.13.